The van der Waals surface area contributed by atoms with Crippen LogP contribution in [0.2, 0.25) is 0 Å². The minimum absolute atomic E-state index is 0.123. The van der Waals surface area contributed by atoms with Crippen molar-refractivity contribution in [1.29, 1.82) is 0 Å². The molecule has 0 radical (unpaired) electrons. The van der Waals surface area contributed by atoms with Crippen molar-refractivity contribution in [1.82, 2.24) is 4.90 Å². The van der Waals surface area contributed by atoms with Gasteiger partial charge in [-0.15, -0.1) is 0 Å². The molecule has 1 atom stereocenters. The van der Waals surface area contributed by atoms with E-state index in [0.717, 1.165) is 6.54 Å². The number of nitrogens with two attached hydrogens (primary N) is 1. The van der Waals surface area contributed by atoms with Crippen LogP contribution in [-0.4, -0.2) is 24.5 Å². The summed E-state index contributed by atoms with van der Waals surface area (Å²) in [5.41, 5.74) is 9.67. The fourth-order valence-corrected chi connectivity index (χ4v) is 2.99. The van der Waals surface area contributed by atoms with Crippen molar-refractivity contribution in [3.63, 3.8) is 0 Å². The summed E-state index contributed by atoms with van der Waals surface area (Å²) >= 11 is 0. The second-order valence-corrected chi connectivity index (χ2v) is 8.13. The highest BCUT2D eigenvalue weighted by Gasteiger charge is 2.29. The van der Waals surface area contributed by atoms with Crippen molar-refractivity contribution < 1.29 is 0 Å². The van der Waals surface area contributed by atoms with Crippen molar-refractivity contribution in [2.75, 3.05) is 19.6 Å². The normalized spacial score (nSPS) is 21.1. The van der Waals surface area contributed by atoms with Crippen LogP contribution >= 0.6 is 0 Å². The summed E-state index contributed by atoms with van der Waals surface area (Å²) in [6.45, 7) is 14.7. The SMILES string of the molecule is CC1(C)CCN(CC(N)c2ccc(C(C)(C)C)cc2)C1. The van der Waals surface area contributed by atoms with Crippen molar-refractivity contribution in [2.45, 2.75) is 52.5 Å². The molecule has 0 bridgehead atoms. The lowest BCUT2D eigenvalue weighted by molar-refractivity contribution is 0.276. The van der Waals surface area contributed by atoms with Crippen LogP contribution in [0.15, 0.2) is 24.3 Å². The standard InChI is InChI=1S/C18H30N2/c1-17(2,3)15-8-6-14(7-9-15)16(19)12-20-11-10-18(4,5)13-20/h6-9,16H,10-13,19H2,1-5H3. The van der Waals surface area contributed by atoms with Crippen LogP contribution in [0.1, 0.15) is 58.2 Å². The molecular weight excluding hydrogens is 244 g/mol. The smallest absolute Gasteiger partial charge is 0.0424 e. The van der Waals surface area contributed by atoms with Gasteiger partial charge >= 0.3 is 0 Å². The molecule has 2 rings (SSSR count). The minimum Gasteiger partial charge on any atom is -0.323 e. The Bertz CT molecular complexity index is 439. The Morgan fingerprint density at radius 2 is 1.80 bits per heavy atom. The fraction of sp³-hybridized carbons (Fsp3) is 0.667. The quantitative estimate of drug-likeness (QED) is 0.910. The van der Waals surface area contributed by atoms with E-state index in [1.54, 1.807) is 0 Å². The molecule has 1 aliphatic heterocycles. The maximum Gasteiger partial charge on any atom is 0.0424 e. The van der Waals surface area contributed by atoms with Gasteiger partial charge in [0.05, 0.1) is 0 Å². The molecule has 0 aliphatic carbocycles. The van der Waals surface area contributed by atoms with Crippen LogP contribution < -0.4 is 5.73 Å². The minimum atomic E-state index is 0.123. The largest absolute Gasteiger partial charge is 0.323 e. The first-order valence-electron chi connectivity index (χ1n) is 7.76. The van der Waals surface area contributed by atoms with Crippen LogP contribution in [-0.2, 0) is 5.41 Å². The average Bonchev–Trinajstić information content (AvgIpc) is 2.67. The predicted molar refractivity (Wildman–Crippen MR) is 86.9 cm³/mol. The van der Waals surface area contributed by atoms with E-state index < -0.39 is 0 Å². The third kappa shape index (κ3) is 3.83. The molecule has 1 saturated heterocycles. The molecule has 2 N–H and O–H groups in total. The lowest BCUT2D eigenvalue weighted by atomic mass is 9.86. The maximum atomic E-state index is 6.38. The summed E-state index contributed by atoms with van der Waals surface area (Å²) < 4.78 is 0. The molecule has 2 nitrogen and oxygen atoms in total. The molecule has 1 aliphatic rings. The molecular formula is C18H30N2. The van der Waals surface area contributed by atoms with Gasteiger partial charge in [0.2, 0.25) is 0 Å². The van der Waals surface area contributed by atoms with Crippen LogP contribution in [0, 0.1) is 5.41 Å². The van der Waals surface area contributed by atoms with Gasteiger partial charge in [-0.05, 0) is 34.9 Å². The first kappa shape index (κ1) is 15.5. The van der Waals surface area contributed by atoms with E-state index in [9.17, 15) is 0 Å². The van der Waals surface area contributed by atoms with E-state index >= 15 is 0 Å². The maximum absolute atomic E-state index is 6.38. The summed E-state index contributed by atoms with van der Waals surface area (Å²) in [6, 6.07) is 8.98. The Morgan fingerprint density at radius 1 is 1.20 bits per heavy atom. The topological polar surface area (TPSA) is 29.3 Å². The zero-order valence-electron chi connectivity index (χ0n) is 13.7. The van der Waals surface area contributed by atoms with Crippen molar-refractivity contribution >= 4 is 0 Å². The van der Waals surface area contributed by atoms with Crippen molar-refractivity contribution in [3.05, 3.63) is 35.4 Å². The molecule has 0 spiro atoms. The highest BCUT2D eigenvalue weighted by molar-refractivity contribution is 5.29. The molecule has 1 unspecified atom stereocenters. The molecule has 2 heteroatoms. The Labute approximate surface area is 124 Å². The van der Waals surface area contributed by atoms with Crippen LogP contribution in [0.25, 0.3) is 0 Å². The number of rotatable bonds is 3. The van der Waals surface area contributed by atoms with Gasteiger partial charge in [0, 0.05) is 19.1 Å². The van der Waals surface area contributed by atoms with E-state index in [1.807, 2.05) is 0 Å². The Hall–Kier alpha value is -0.860. The monoisotopic (exact) mass is 274 g/mol. The van der Waals surface area contributed by atoms with E-state index in [-0.39, 0.29) is 11.5 Å². The number of hydrogen-bond acceptors (Lipinski definition) is 2. The van der Waals surface area contributed by atoms with Crippen molar-refractivity contribution in [2.24, 2.45) is 11.1 Å². The summed E-state index contributed by atoms with van der Waals surface area (Å²) in [7, 11) is 0. The van der Waals surface area contributed by atoms with Gasteiger partial charge in [0.1, 0.15) is 0 Å². The first-order chi connectivity index (χ1) is 9.17. The van der Waals surface area contributed by atoms with Crippen molar-refractivity contribution in [3.8, 4) is 0 Å². The third-order valence-electron chi connectivity index (χ3n) is 4.42. The van der Waals surface area contributed by atoms with E-state index in [4.69, 9.17) is 5.73 Å². The summed E-state index contributed by atoms with van der Waals surface area (Å²) in [5.74, 6) is 0. The van der Waals surface area contributed by atoms with Gasteiger partial charge in [-0.25, -0.2) is 0 Å². The Balaban J connectivity index is 1.98. The third-order valence-corrected chi connectivity index (χ3v) is 4.42. The van der Waals surface area contributed by atoms with Gasteiger partial charge in [-0.3, -0.25) is 0 Å². The Morgan fingerprint density at radius 3 is 2.25 bits per heavy atom. The number of hydrogen-bond donors (Lipinski definition) is 1. The molecule has 0 amide bonds. The zero-order chi connectivity index (χ0) is 15.0. The lowest BCUT2D eigenvalue weighted by Gasteiger charge is -2.24. The number of nitrogens with zero attached hydrogens (tertiary/aromatic N) is 1. The molecule has 1 heterocycles. The van der Waals surface area contributed by atoms with Crippen LogP contribution in [0.4, 0.5) is 0 Å². The second-order valence-electron chi connectivity index (χ2n) is 8.13. The first-order valence-corrected chi connectivity index (χ1v) is 7.76. The molecule has 0 saturated carbocycles. The lowest BCUT2D eigenvalue weighted by Crippen LogP contribution is -2.31. The summed E-state index contributed by atoms with van der Waals surface area (Å²) in [5, 5.41) is 0. The molecule has 1 aromatic carbocycles. The molecule has 0 aromatic heterocycles. The fourth-order valence-electron chi connectivity index (χ4n) is 2.99. The van der Waals surface area contributed by atoms with E-state index in [2.05, 4.69) is 63.8 Å². The van der Waals surface area contributed by atoms with Gasteiger partial charge in [-0.1, -0.05) is 58.9 Å². The second kappa shape index (κ2) is 5.50. The predicted octanol–water partition coefficient (Wildman–Crippen LogP) is 3.72. The van der Waals surface area contributed by atoms with Gasteiger partial charge in [0.15, 0.2) is 0 Å². The van der Waals surface area contributed by atoms with E-state index in [0.29, 0.717) is 5.41 Å². The molecule has 1 aromatic rings. The summed E-state index contributed by atoms with van der Waals surface area (Å²) in [6.07, 6.45) is 1.28. The number of benzene rings is 1. The van der Waals surface area contributed by atoms with Crippen LogP contribution in [0.3, 0.4) is 0 Å². The summed E-state index contributed by atoms with van der Waals surface area (Å²) in [4.78, 5) is 2.50. The molecule has 1 fully saturated rings. The van der Waals surface area contributed by atoms with Gasteiger partial charge in [0.25, 0.3) is 0 Å². The Kier molecular flexibility index (Phi) is 4.27. The van der Waals surface area contributed by atoms with Crippen LogP contribution in [0.5, 0.6) is 0 Å². The van der Waals surface area contributed by atoms with Gasteiger partial charge in [-0.2, -0.15) is 0 Å². The molecule has 112 valence electrons. The number of likely N-dealkylation sites (tertiary alicyclic amines) is 1. The average molecular weight is 274 g/mol. The van der Waals surface area contributed by atoms with Gasteiger partial charge < -0.3 is 10.6 Å². The highest BCUT2D eigenvalue weighted by Crippen LogP contribution is 2.30. The zero-order valence-corrected chi connectivity index (χ0v) is 13.7. The highest BCUT2D eigenvalue weighted by atomic mass is 15.2. The molecule has 20 heavy (non-hydrogen) atoms. The van der Waals surface area contributed by atoms with E-state index in [1.165, 1.54) is 30.6 Å².